The molecule has 25 heavy (non-hydrogen) atoms. The average molecular weight is 360 g/mol. The van der Waals surface area contributed by atoms with Gasteiger partial charge in [-0.3, -0.25) is 9.10 Å². The molecule has 1 amide bonds. The second kappa shape index (κ2) is 6.76. The second-order valence-corrected chi connectivity index (χ2v) is 7.87. The van der Waals surface area contributed by atoms with E-state index < -0.39 is 10.0 Å². The first-order valence-electron chi connectivity index (χ1n) is 7.90. The first-order chi connectivity index (χ1) is 11.9. The molecule has 3 rings (SSSR count). The minimum Gasteiger partial charge on any atom is -0.497 e. The highest BCUT2D eigenvalue weighted by molar-refractivity contribution is 7.92. The SMILES string of the molecule is COc1cccc(CNC(=O)c2ccc3c(c2)CCN3S(C)(=O)=O)c1. The standard InChI is InChI=1S/C18H20N2O4S/c1-24-16-5-3-4-13(10-16)12-19-18(21)15-6-7-17-14(11-15)8-9-20(17)25(2,22)23/h3-7,10-11H,8-9,12H2,1-2H3,(H,19,21). The van der Waals surface area contributed by atoms with Crippen LogP contribution >= 0.6 is 0 Å². The Hall–Kier alpha value is -2.54. The lowest BCUT2D eigenvalue weighted by Gasteiger charge is -2.16. The zero-order chi connectivity index (χ0) is 18.0. The summed E-state index contributed by atoms with van der Waals surface area (Å²) in [6.07, 6.45) is 1.80. The predicted octanol–water partition coefficient (Wildman–Crippen LogP) is 1.95. The third-order valence-corrected chi connectivity index (χ3v) is 5.36. The highest BCUT2D eigenvalue weighted by Gasteiger charge is 2.26. The molecule has 132 valence electrons. The van der Waals surface area contributed by atoms with Crippen LogP contribution in [0, 0.1) is 0 Å². The van der Waals surface area contributed by atoms with Gasteiger partial charge in [0.2, 0.25) is 10.0 Å². The molecule has 7 heteroatoms. The highest BCUT2D eigenvalue weighted by Crippen LogP contribution is 2.30. The van der Waals surface area contributed by atoms with E-state index in [2.05, 4.69) is 5.32 Å². The molecular formula is C18H20N2O4S. The Morgan fingerprint density at radius 1 is 1.24 bits per heavy atom. The fourth-order valence-electron chi connectivity index (χ4n) is 2.92. The zero-order valence-electron chi connectivity index (χ0n) is 14.2. The number of fused-ring (bicyclic) bond motifs is 1. The van der Waals surface area contributed by atoms with Crippen molar-refractivity contribution in [2.75, 3.05) is 24.2 Å². The van der Waals surface area contributed by atoms with Crippen LogP contribution < -0.4 is 14.4 Å². The number of carbonyl (C=O) groups excluding carboxylic acids is 1. The van der Waals surface area contributed by atoms with Crippen LogP contribution in [-0.4, -0.2) is 34.2 Å². The molecule has 0 bridgehead atoms. The lowest BCUT2D eigenvalue weighted by Crippen LogP contribution is -2.27. The molecule has 0 radical (unpaired) electrons. The minimum atomic E-state index is -3.28. The summed E-state index contributed by atoms with van der Waals surface area (Å²) >= 11 is 0. The van der Waals surface area contributed by atoms with Crippen LogP contribution in [0.2, 0.25) is 0 Å². The van der Waals surface area contributed by atoms with Crippen LogP contribution in [0.15, 0.2) is 42.5 Å². The topological polar surface area (TPSA) is 75.7 Å². The number of carbonyl (C=O) groups is 1. The van der Waals surface area contributed by atoms with Crippen molar-refractivity contribution in [1.29, 1.82) is 0 Å². The maximum atomic E-state index is 12.4. The Morgan fingerprint density at radius 2 is 2.04 bits per heavy atom. The van der Waals surface area contributed by atoms with Crippen LogP contribution in [0.4, 0.5) is 5.69 Å². The van der Waals surface area contributed by atoms with Gasteiger partial charge in [-0.15, -0.1) is 0 Å². The zero-order valence-corrected chi connectivity index (χ0v) is 15.0. The predicted molar refractivity (Wildman–Crippen MR) is 96.5 cm³/mol. The van der Waals surface area contributed by atoms with E-state index in [9.17, 15) is 13.2 Å². The number of hydrogen-bond acceptors (Lipinski definition) is 4. The van der Waals surface area contributed by atoms with Gasteiger partial charge in [0.1, 0.15) is 5.75 Å². The van der Waals surface area contributed by atoms with Crippen molar-refractivity contribution >= 4 is 21.6 Å². The van der Waals surface area contributed by atoms with E-state index in [1.807, 2.05) is 24.3 Å². The van der Waals surface area contributed by atoms with Crippen LogP contribution in [0.1, 0.15) is 21.5 Å². The molecule has 0 atom stereocenters. The summed E-state index contributed by atoms with van der Waals surface area (Å²) < 4.78 is 30.1. The van der Waals surface area contributed by atoms with Crippen molar-refractivity contribution in [2.45, 2.75) is 13.0 Å². The van der Waals surface area contributed by atoms with Crippen molar-refractivity contribution in [3.8, 4) is 5.75 Å². The van der Waals surface area contributed by atoms with Gasteiger partial charge >= 0.3 is 0 Å². The number of rotatable bonds is 5. The summed E-state index contributed by atoms with van der Waals surface area (Å²) in [7, 11) is -1.68. The molecule has 1 heterocycles. The Balaban J connectivity index is 1.71. The van der Waals surface area contributed by atoms with Gasteiger partial charge in [-0.1, -0.05) is 12.1 Å². The molecule has 1 N–H and O–H groups in total. The summed E-state index contributed by atoms with van der Waals surface area (Å²) in [6, 6.07) is 12.6. The van der Waals surface area contributed by atoms with Gasteiger partial charge in [0.05, 0.1) is 19.1 Å². The smallest absolute Gasteiger partial charge is 0.251 e. The summed E-state index contributed by atoms with van der Waals surface area (Å²) in [6.45, 7) is 0.811. The van der Waals surface area contributed by atoms with E-state index in [1.165, 1.54) is 10.6 Å². The summed E-state index contributed by atoms with van der Waals surface area (Å²) in [5.41, 5.74) is 3.00. The van der Waals surface area contributed by atoms with Gasteiger partial charge in [-0.2, -0.15) is 0 Å². The lowest BCUT2D eigenvalue weighted by molar-refractivity contribution is 0.0951. The number of methoxy groups -OCH3 is 1. The molecule has 0 aliphatic carbocycles. The normalized spacial score (nSPS) is 13.4. The first-order valence-corrected chi connectivity index (χ1v) is 9.75. The second-order valence-electron chi connectivity index (χ2n) is 5.96. The number of benzene rings is 2. The molecule has 0 spiro atoms. The van der Waals surface area contributed by atoms with Crippen molar-refractivity contribution in [1.82, 2.24) is 5.32 Å². The number of ether oxygens (including phenoxy) is 1. The Kier molecular flexibility index (Phi) is 4.67. The number of hydrogen-bond donors (Lipinski definition) is 1. The number of sulfonamides is 1. The fourth-order valence-corrected chi connectivity index (χ4v) is 3.88. The van der Waals surface area contributed by atoms with Gasteiger partial charge in [0, 0.05) is 18.7 Å². The third kappa shape index (κ3) is 3.76. The largest absolute Gasteiger partial charge is 0.497 e. The average Bonchev–Trinajstić information content (AvgIpc) is 3.03. The third-order valence-electron chi connectivity index (χ3n) is 4.18. The van der Waals surface area contributed by atoms with E-state index in [-0.39, 0.29) is 5.91 Å². The number of nitrogens with one attached hydrogen (secondary N) is 1. The minimum absolute atomic E-state index is 0.191. The molecule has 6 nitrogen and oxygen atoms in total. The molecule has 0 fully saturated rings. The lowest BCUT2D eigenvalue weighted by atomic mass is 10.1. The van der Waals surface area contributed by atoms with Gasteiger partial charge in [-0.05, 0) is 47.9 Å². The van der Waals surface area contributed by atoms with Crippen LogP contribution in [-0.2, 0) is 23.0 Å². The Labute approximate surface area is 147 Å². The van der Waals surface area contributed by atoms with E-state index in [0.717, 1.165) is 16.9 Å². The Bertz CT molecular complexity index is 909. The van der Waals surface area contributed by atoms with Gasteiger partial charge in [0.15, 0.2) is 0 Å². The Morgan fingerprint density at radius 3 is 2.76 bits per heavy atom. The van der Waals surface area contributed by atoms with Crippen LogP contribution in [0.25, 0.3) is 0 Å². The molecular weight excluding hydrogens is 340 g/mol. The van der Waals surface area contributed by atoms with E-state index in [4.69, 9.17) is 4.74 Å². The van der Waals surface area contributed by atoms with Gasteiger partial charge in [0.25, 0.3) is 5.91 Å². The number of amides is 1. The summed E-state index contributed by atoms with van der Waals surface area (Å²) in [5.74, 6) is 0.550. The van der Waals surface area contributed by atoms with Gasteiger partial charge < -0.3 is 10.1 Å². The maximum absolute atomic E-state index is 12.4. The van der Waals surface area contributed by atoms with Crippen molar-refractivity contribution in [2.24, 2.45) is 0 Å². The van der Waals surface area contributed by atoms with Crippen molar-refractivity contribution < 1.29 is 17.9 Å². The van der Waals surface area contributed by atoms with Crippen molar-refractivity contribution in [3.63, 3.8) is 0 Å². The molecule has 1 aliphatic heterocycles. The molecule has 0 saturated heterocycles. The molecule has 0 unspecified atom stereocenters. The number of anilines is 1. The van der Waals surface area contributed by atoms with E-state index in [1.54, 1.807) is 25.3 Å². The summed E-state index contributed by atoms with van der Waals surface area (Å²) in [4.78, 5) is 12.4. The number of nitrogens with zero attached hydrogens (tertiary/aromatic N) is 1. The molecule has 0 aromatic heterocycles. The van der Waals surface area contributed by atoms with Gasteiger partial charge in [-0.25, -0.2) is 8.42 Å². The van der Waals surface area contributed by atoms with Crippen LogP contribution in [0.3, 0.4) is 0 Å². The molecule has 1 aliphatic rings. The van der Waals surface area contributed by atoms with E-state index in [0.29, 0.717) is 30.8 Å². The maximum Gasteiger partial charge on any atom is 0.251 e. The highest BCUT2D eigenvalue weighted by atomic mass is 32.2. The quantitative estimate of drug-likeness (QED) is 0.884. The van der Waals surface area contributed by atoms with Crippen LogP contribution in [0.5, 0.6) is 5.75 Å². The first kappa shape index (κ1) is 17.3. The summed E-state index contributed by atoms with van der Waals surface area (Å²) in [5, 5.41) is 2.87. The fraction of sp³-hybridized carbons (Fsp3) is 0.278. The molecule has 2 aromatic carbocycles. The van der Waals surface area contributed by atoms with Crippen molar-refractivity contribution in [3.05, 3.63) is 59.2 Å². The molecule has 0 saturated carbocycles. The molecule has 2 aromatic rings. The monoisotopic (exact) mass is 360 g/mol. The van der Waals surface area contributed by atoms with E-state index >= 15 is 0 Å².